The van der Waals surface area contributed by atoms with E-state index >= 15 is 0 Å². The molecule has 11 N–H and O–H groups in total. The first kappa shape index (κ1) is 29.3. The molecule has 0 bridgehead atoms. The first-order valence-electron chi connectivity index (χ1n) is 1.51. The summed E-state index contributed by atoms with van der Waals surface area (Å²) in [4.78, 5) is 47.2. The van der Waals surface area contributed by atoms with Crippen LogP contribution < -0.4 is 78.4 Å². The SMILES string of the molecule is O=P(O)(O)O.O=P([O-])([O-])[O-].[K+].[NH4+].[NH4+]. The van der Waals surface area contributed by atoms with E-state index in [9.17, 15) is 0 Å². The molecule has 0 rings (SSSR count). The summed E-state index contributed by atoms with van der Waals surface area (Å²) in [5.74, 6) is 0. The molecule has 0 aliphatic carbocycles. The van der Waals surface area contributed by atoms with Gasteiger partial charge >= 0.3 is 59.2 Å². The summed E-state index contributed by atoms with van der Waals surface area (Å²) in [5, 5.41) is 0. The molecule has 80 valence electrons. The van der Waals surface area contributed by atoms with Gasteiger partial charge in [-0.1, -0.05) is 0 Å². The average molecular weight is 268 g/mol. The Bertz CT molecular complexity index is 132. The number of rotatable bonds is 0. The largest absolute Gasteiger partial charge is 1.00 e. The number of hydrogen-bond acceptors (Lipinski definition) is 5. The van der Waals surface area contributed by atoms with Crippen LogP contribution >= 0.6 is 15.6 Å². The number of hydrogen-bond donors (Lipinski definition) is 5. The Kier molecular flexibility index (Phi) is 26.7. The molecule has 0 aliphatic rings. The summed E-state index contributed by atoms with van der Waals surface area (Å²) in [6.07, 6.45) is 0. The zero-order valence-electron chi connectivity index (χ0n) is 7.28. The number of quaternary nitrogens is 2. The van der Waals surface area contributed by atoms with Crippen molar-refractivity contribution in [2.75, 3.05) is 0 Å². The molecule has 0 aliphatic heterocycles. The third-order valence-electron chi connectivity index (χ3n) is 0. The van der Waals surface area contributed by atoms with E-state index in [1.54, 1.807) is 0 Å². The molecule has 0 saturated heterocycles. The van der Waals surface area contributed by atoms with E-state index in [1.165, 1.54) is 0 Å². The molecule has 0 saturated carbocycles. The summed E-state index contributed by atoms with van der Waals surface area (Å²) < 4.78 is 17.4. The second-order valence-electron chi connectivity index (χ2n) is 0.960. The van der Waals surface area contributed by atoms with E-state index in [1.807, 2.05) is 0 Å². The Labute approximate surface area is 116 Å². The summed E-state index contributed by atoms with van der Waals surface area (Å²) in [7, 11) is -10.0. The van der Waals surface area contributed by atoms with Crippen molar-refractivity contribution in [2.24, 2.45) is 0 Å². The minimum atomic E-state index is -5.39. The Hall–Kier alpha value is 1.78. The van der Waals surface area contributed by atoms with Gasteiger partial charge in [-0.05, 0) is 0 Å². The molecule has 10 nitrogen and oxygen atoms in total. The van der Waals surface area contributed by atoms with Crippen LogP contribution in [-0.4, -0.2) is 14.7 Å². The molecular formula is H11KN2O8P2. The normalized spacial score (nSPS) is 9.08. The standard InChI is InChI=1S/K.2H3N.2H3O4P/c;;;2*1-5(2,3)4/h;2*1H3;2*(H3,1,2,3,4)/q+1;;;;/p-1. The third-order valence-corrected chi connectivity index (χ3v) is 0. The molecule has 0 spiro atoms. The van der Waals surface area contributed by atoms with Crippen molar-refractivity contribution in [1.29, 1.82) is 0 Å². The maximum absolute atomic E-state index is 8.88. The monoisotopic (exact) mass is 268 g/mol. The molecule has 0 aromatic heterocycles. The van der Waals surface area contributed by atoms with Crippen molar-refractivity contribution < 1.29 is 89.9 Å². The third kappa shape index (κ3) is 605. The van der Waals surface area contributed by atoms with Gasteiger partial charge in [0.25, 0.3) is 0 Å². The van der Waals surface area contributed by atoms with E-state index < -0.39 is 15.6 Å². The Balaban J connectivity index is -0.0000000267. The Morgan fingerprint density at radius 1 is 0.846 bits per heavy atom. The first-order chi connectivity index (χ1) is 4.00. The first-order valence-corrected chi connectivity index (χ1v) is 4.54. The molecular weight excluding hydrogens is 257 g/mol. The molecule has 0 fully saturated rings. The van der Waals surface area contributed by atoms with E-state index in [2.05, 4.69) is 0 Å². The van der Waals surface area contributed by atoms with Gasteiger partial charge in [0.1, 0.15) is 0 Å². The predicted octanol–water partition coefficient (Wildman–Crippen LogP) is -6.00. The van der Waals surface area contributed by atoms with Crippen LogP contribution in [0.25, 0.3) is 0 Å². The topological polar surface area (TPSA) is 237 Å². The fraction of sp³-hybridized carbons (Fsp3) is 0. The van der Waals surface area contributed by atoms with Crippen molar-refractivity contribution in [3.8, 4) is 0 Å². The van der Waals surface area contributed by atoms with Crippen LogP contribution in [0.2, 0.25) is 0 Å². The maximum atomic E-state index is 8.88. The van der Waals surface area contributed by atoms with E-state index in [0.717, 1.165) is 0 Å². The molecule has 0 amide bonds. The van der Waals surface area contributed by atoms with Gasteiger partial charge in [0, 0.05) is 0 Å². The van der Waals surface area contributed by atoms with Crippen LogP contribution in [-0.2, 0) is 9.13 Å². The zero-order chi connectivity index (χ0) is 9.00. The molecule has 0 heterocycles. The molecule has 13 heavy (non-hydrogen) atoms. The zero-order valence-corrected chi connectivity index (χ0v) is 12.2. The van der Waals surface area contributed by atoms with Gasteiger partial charge in [-0.25, -0.2) is 4.57 Å². The van der Waals surface area contributed by atoms with Gasteiger partial charge in [0.05, 0.1) is 0 Å². The van der Waals surface area contributed by atoms with Crippen LogP contribution in [0, 0.1) is 0 Å². The summed E-state index contributed by atoms with van der Waals surface area (Å²) in [5.41, 5.74) is 0. The molecule has 0 unspecified atom stereocenters. The van der Waals surface area contributed by atoms with Crippen molar-refractivity contribution in [1.82, 2.24) is 12.3 Å². The van der Waals surface area contributed by atoms with Crippen molar-refractivity contribution in [3.63, 3.8) is 0 Å². The van der Waals surface area contributed by atoms with E-state index in [0.29, 0.717) is 0 Å². The Morgan fingerprint density at radius 3 is 0.846 bits per heavy atom. The molecule has 0 atom stereocenters. The van der Waals surface area contributed by atoms with Gasteiger partial charge in [0.2, 0.25) is 0 Å². The number of phosphoric acid groups is 2. The fourth-order valence-electron chi connectivity index (χ4n) is 0. The second-order valence-corrected chi connectivity index (χ2v) is 2.88. The van der Waals surface area contributed by atoms with Crippen LogP contribution in [0.1, 0.15) is 0 Å². The summed E-state index contributed by atoms with van der Waals surface area (Å²) in [6.45, 7) is 0. The summed E-state index contributed by atoms with van der Waals surface area (Å²) >= 11 is 0. The molecule has 13 heteroatoms. The maximum Gasteiger partial charge on any atom is 1.00 e. The fourth-order valence-corrected chi connectivity index (χ4v) is 0. The molecule has 0 aromatic rings. The van der Waals surface area contributed by atoms with Crippen LogP contribution in [0.5, 0.6) is 0 Å². The summed E-state index contributed by atoms with van der Waals surface area (Å²) in [6, 6.07) is 0. The van der Waals surface area contributed by atoms with Crippen molar-refractivity contribution >= 4 is 15.6 Å². The molecule has 0 radical (unpaired) electrons. The average Bonchev–Trinajstić information content (AvgIpc) is 1.12. The smallest absolute Gasteiger partial charge is 0.822 e. The quantitative estimate of drug-likeness (QED) is 0.208. The second kappa shape index (κ2) is 11.8. The van der Waals surface area contributed by atoms with E-state index in [4.69, 9.17) is 38.5 Å². The molecule has 0 aromatic carbocycles. The van der Waals surface area contributed by atoms with Crippen LogP contribution in [0.15, 0.2) is 0 Å². The van der Waals surface area contributed by atoms with Crippen molar-refractivity contribution in [3.05, 3.63) is 0 Å². The Morgan fingerprint density at radius 2 is 0.846 bits per heavy atom. The van der Waals surface area contributed by atoms with Gasteiger partial charge in [-0.15, -0.1) is 0 Å². The van der Waals surface area contributed by atoms with Gasteiger partial charge in [-0.3, -0.25) is 0 Å². The van der Waals surface area contributed by atoms with Gasteiger partial charge in [0.15, 0.2) is 0 Å². The van der Waals surface area contributed by atoms with Crippen LogP contribution in [0.3, 0.4) is 0 Å². The minimum Gasteiger partial charge on any atom is -0.822 e. The van der Waals surface area contributed by atoms with Gasteiger partial charge in [-0.2, -0.15) is 7.82 Å². The van der Waals surface area contributed by atoms with Crippen LogP contribution in [0.4, 0.5) is 0 Å². The van der Waals surface area contributed by atoms with E-state index in [-0.39, 0.29) is 63.7 Å². The minimum absolute atomic E-state index is 0. The predicted molar refractivity (Wildman–Crippen MR) is 33.8 cm³/mol. The van der Waals surface area contributed by atoms with Gasteiger partial charge < -0.3 is 46.2 Å². The van der Waals surface area contributed by atoms with Crippen molar-refractivity contribution in [2.45, 2.75) is 0 Å².